The van der Waals surface area contributed by atoms with E-state index in [1.165, 1.54) is 31.4 Å². The van der Waals surface area contributed by atoms with E-state index in [2.05, 4.69) is 10.1 Å². The van der Waals surface area contributed by atoms with Gasteiger partial charge in [-0.1, -0.05) is 0 Å². The number of amides is 1. The van der Waals surface area contributed by atoms with Gasteiger partial charge in [0, 0.05) is 12.1 Å². The Morgan fingerprint density at radius 2 is 1.84 bits per heavy atom. The number of nitrogens with one attached hydrogen (secondary N) is 1. The summed E-state index contributed by atoms with van der Waals surface area (Å²) < 4.78 is 29.3. The molecule has 3 rings (SSSR count). The number of aryl methyl sites for hydroxylation is 1. The van der Waals surface area contributed by atoms with E-state index in [1.807, 2.05) is 0 Å². The van der Waals surface area contributed by atoms with E-state index in [1.54, 1.807) is 18.2 Å². The average molecular weight is 359 g/mol. The van der Waals surface area contributed by atoms with E-state index in [-0.39, 0.29) is 5.91 Å². The molecular formula is C17H15N2O5S-. The number of nitrogens with zero attached hydrogens (tertiary/aromatic N) is 1. The number of fused-ring (bicyclic) bond motifs is 1. The summed E-state index contributed by atoms with van der Waals surface area (Å²) in [6, 6.07) is 11.1. The number of ether oxygens (including phenoxy) is 1. The molecule has 0 radical (unpaired) electrons. The Hall–Kier alpha value is -2.71. The molecule has 2 aromatic carbocycles. The summed E-state index contributed by atoms with van der Waals surface area (Å²) in [5, 5.41) is 2.76. The number of hydrogen-bond donors (Lipinski definition) is 1. The monoisotopic (exact) mass is 359 g/mol. The summed E-state index contributed by atoms with van der Waals surface area (Å²) >= 11 is -2.55. The van der Waals surface area contributed by atoms with Crippen LogP contribution in [0.5, 0.6) is 0 Å². The van der Waals surface area contributed by atoms with Crippen LogP contribution in [0, 0.1) is 0 Å². The van der Waals surface area contributed by atoms with Crippen LogP contribution in [0.4, 0.5) is 17.1 Å². The van der Waals surface area contributed by atoms with Gasteiger partial charge in [-0.2, -0.15) is 0 Å². The highest BCUT2D eigenvalue weighted by atomic mass is 32.2. The molecule has 7 nitrogen and oxygen atoms in total. The number of carbonyl (C=O) groups excluding carboxylic acids is 2. The molecule has 1 atom stereocenters. The quantitative estimate of drug-likeness (QED) is 0.667. The number of carbonyl (C=O) groups is 2. The number of benzene rings is 2. The molecule has 1 N–H and O–H groups in total. The standard InChI is InChI=1S/C17H16N2O5S/c1-24-17(21)11-2-5-13(6-3-11)19(25(22)23)14-7-8-15-12(10-14)4-9-16(20)18-15/h2-3,5-8,10H,4,9H2,1H3,(H,18,20)(H,22,23)/p-1. The number of rotatable bonds is 4. The third-order valence-corrected chi connectivity index (χ3v) is 4.61. The van der Waals surface area contributed by atoms with Gasteiger partial charge < -0.3 is 14.6 Å². The molecule has 0 saturated carbocycles. The molecule has 8 heteroatoms. The molecule has 0 bridgehead atoms. The van der Waals surface area contributed by atoms with Gasteiger partial charge in [0.2, 0.25) is 5.91 Å². The molecule has 130 valence electrons. The van der Waals surface area contributed by atoms with Crippen LogP contribution >= 0.6 is 0 Å². The zero-order valence-corrected chi connectivity index (χ0v) is 14.2. The van der Waals surface area contributed by atoms with Gasteiger partial charge in [-0.25, -0.2) is 4.79 Å². The largest absolute Gasteiger partial charge is 0.755 e. The van der Waals surface area contributed by atoms with Crippen LogP contribution in [0.15, 0.2) is 42.5 Å². The van der Waals surface area contributed by atoms with Crippen LogP contribution in [-0.4, -0.2) is 27.7 Å². The summed E-state index contributed by atoms with van der Waals surface area (Å²) in [4.78, 5) is 22.9. The number of methoxy groups -OCH3 is 1. The average Bonchev–Trinajstić information content (AvgIpc) is 2.61. The molecule has 0 aromatic heterocycles. The number of esters is 1. The zero-order chi connectivity index (χ0) is 18.0. The van der Waals surface area contributed by atoms with Gasteiger partial charge in [0.25, 0.3) is 0 Å². The Morgan fingerprint density at radius 1 is 1.16 bits per heavy atom. The van der Waals surface area contributed by atoms with Crippen molar-refractivity contribution in [3.05, 3.63) is 53.6 Å². The lowest BCUT2D eigenvalue weighted by molar-refractivity contribution is -0.116. The Labute approximate surface area is 147 Å². The summed E-state index contributed by atoms with van der Waals surface area (Å²) in [5.74, 6) is -0.547. The molecule has 0 saturated heterocycles. The van der Waals surface area contributed by atoms with Crippen molar-refractivity contribution >= 4 is 40.2 Å². The van der Waals surface area contributed by atoms with Crippen LogP contribution in [0.25, 0.3) is 0 Å². The lowest BCUT2D eigenvalue weighted by Crippen LogP contribution is -2.22. The fourth-order valence-electron chi connectivity index (χ4n) is 2.67. The van der Waals surface area contributed by atoms with Crippen LogP contribution < -0.4 is 9.62 Å². The van der Waals surface area contributed by atoms with Crippen molar-refractivity contribution < 1.29 is 23.1 Å². The first-order valence-corrected chi connectivity index (χ1v) is 8.53. The fourth-order valence-corrected chi connectivity index (χ4v) is 3.25. The summed E-state index contributed by atoms with van der Waals surface area (Å²) in [7, 11) is 1.28. The number of anilines is 3. The van der Waals surface area contributed by atoms with Gasteiger partial charge >= 0.3 is 5.97 Å². The Morgan fingerprint density at radius 3 is 2.48 bits per heavy atom. The van der Waals surface area contributed by atoms with E-state index in [0.29, 0.717) is 35.5 Å². The van der Waals surface area contributed by atoms with Crippen molar-refractivity contribution in [3.63, 3.8) is 0 Å². The van der Waals surface area contributed by atoms with Crippen LogP contribution in [0.1, 0.15) is 22.3 Å². The predicted molar refractivity (Wildman–Crippen MR) is 92.2 cm³/mol. The summed E-state index contributed by atoms with van der Waals surface area (Å²) in [6.45, 7) is 0. The van der Waals surface area contributed by atoms with Crippen molar-refractivity contribution in [3.8, 4) is 0 Å². The lowest BCUT2D eigenvalue weighted by atomic mass is 10.0. The Bertz CT molecular complexity index is 851. The molecule has 0 spiro atoms. The van der Waals surface area contributed by atoms with Crippen molar-refractivity contribution in [1.29, 1.82) is 0 Å². The van der Waals surface area contributed by atoms with E-state index in [9.17, 15) is 18.4 Å². The second-order valence-electron chi connectivity index (χ2n) is 5.44. The molecule has 1 heterocycles. The first-order valence-electron chi connectivity index (χ1n) is 7.50. The molecule has 1 unspecified atom stereocenters. The minimum atomic E-state index is -2.55. The maximum atomic E-state index is 11.8. The highest BCUT2D eigenvalue weighted by molar-refractivity contribution is 7.81. The lowest BCUT2D eigenvalue weighted by Gasteiger charge is -2.28. The molecular weight excluding hydrogens is 344 g/mol. The second-order valence-corrected chi connectivity index (χ2v) is 6.24. The summed E-state index contributed by atoms with van der Waals surface area (Å²) in [6.07, 6.45) is 0.917. The molecule has 0 aliphatic carbocycles. The van der Waals surface area contributed by atoms with Gasteiger partial charge in [0.1, 0.15) is 0 Å². The highest BCUT2D eigenvalue weighted by Gasteiger charge is 2.18. The molecule has 1 aliphatic rings. The van der Waals surface area contributed by atoms with Crippen molar-refractivity contribution in [2.24, 2.45) is 0 Å². The first kappa shape index (κ1) is 17.1. The van der Waals surface area contributed by atoms with Gasteiger partial charge in [0.15, 0.2) is 0 Å². The predicted octanol–water partition coefficient (Wildman–Crippen LogP) is 2.29. The van der Waals surface area contributed by atoms with Crippen molar-refractivity contribution in [2.75, 3.05) is 16.7 Å². The van der Waals surface area contributed by atoms with Crippen LogP contribution in [-0.2, 0) is 27.2 Å². The van der Waals surface area contributed by atoms with E-state index < -0.39 is 17.2 Å². The third-order valence-electron chi connectivity index (χ3n) is 3.89. The van der Waals surface area contributed by atoms with Gasteiger partial charge in [-0.3, -0.25) is 13.3 Å². The molecule has 0 fully saturated rings. The maximum absolute atomic E-state index is 11.8. The van der Waals surface area contributed by atoms with E-state index in [0.717, 1.165) is 9.87 Å². The SMILES string of the molecule is COC(=O)c1ccc(N(c2ccc3c(c2)CCC(=O)N3)S(=O)[O-])cc1. The Balaban J connectivity index is 1.95. The maximum Gasteiger partial charge on any atom is 0.337 e. The summed E-state index contributed by atoms with van der Waals surface area (Å²) in [5.41, 5.74) is 2.74. The molecule has 1 amide bonds. The van der Waals surface area contributed by atoms with Crippen molar-refractivity contribution in [1.82, 2.24) is 0 Å². The molecule has 2 aromatic rings. The first-order chi connectivity index (χ1) is 12.0. The normalized spacial score (nSPS) is 14.2. The smallest absolute Gasteiger partial charge is 0.337 e. The highest BCUT2D eigenvalue weighted by Crippen LogP contribution is 2.32. The minimum Gasteiger partial charge on any atom is -0.755 e. The molecule has 25 heavy (non-hydrogen) atoms. The van der Waals surface area contributed by atoms with E-state index in [4.69, 9.17) is 0 Å². The number of hydrogen-bond acceptors (Lipinski definition) is 5. The van der Waals surface area contributed by atoms with E-state index >= 15 is 0 Å². The fraction of sp³-hybridized carbons (Fsp3) is 0.176. The zero-order valence-electron chi connectivity index (χ0n) is 13.4. The van der Waals surface area contributed by atoms with Gasteiger partial charge in [0.05, 0.1) is 35.3 Å². The van der Waals surface area contributed by atoms with Crippen molar-refractivity contribution in [2.45, 2.75) is 12.8 Å². The minimum absolute atomic E-state index is 0.0529. The third kappa shape index (κ3) is 3.54. The van der Waals surface area contributed by atoms with Crippen LogP contribution in [0.3, 0.4) is 0 Å². The van der Waals surface area contributed by atoms with Crippen LogP contribution in [0.2, 0.25) is 0 Å². The van der Waals surface area contributed by atoms with Gasteiger partial charge in [-0.05, 0) is 54.4 Å². The second kappa shape index (κ2) is 7.04. The topological polar surface area (TPSA) is 98.8 Å². The van der Waals surface area contributed by atoms with Gasteiger partial charge in [-0.15, -0.1) is 0 Å². The Kier molecular flexibility index (Phi) is 4.82. The molecule has 1 aliphatic heterocycles.